The normalized spacial score (nSPS) is 10.7. The molecule has 0 bridgehead atoms. The van der Waals surface area contributed by atoms with E-state index >= 15 is 0 Å². The number of halogens is 1. The lowest BCUT2D eigenvalue weighted by molar-refractivity contribution is 0.411. The summed E-state index contributed by atoms with van der Waals surface area (Å²) in [5.41, 5.74) is 5.30. The van der Waals surface area contributed by atoms with E-state index in [9.17, 15) is 0 Å². The van der Waals surface area contributed by atoms with Crippen LogP contribution >= 0.6 is 22.6 Å². The van der Waals surface area contributed by atoms with E-state index < -0.39 is 0 Å². The van der Waals surface area contributed by atoms with Gasteiger partial charge in [0.1, 0.15) is 5.75 Å². The molecule has 0 spiro atoms. The lowest BCUT2D eigenvalue weighted by Crippen LogP contribution is -2.02. The maximum Gasteiger partial charge on any atom is 0.124 e. The maximum atomic E-state index is 5.46. The van der Waals surface area contributed by atoms with E-state index in [2.05, 4.69) is 77.1 Å². The SMILES string of the molecule is COc1cc(-n2nncc2-c2ccc(I)cc2)cc(C)c1C. The van der Waals surface area contributed by atoms with Crippen LogP contribution in [-0.4, -0.2) is 22.1 Å². The highest BCUT2D eigenvalue weighted by Gasteiger charge is 2.12. The summed E-state index contributed by atoms with van der Waals surface area (Å²) in [7, 11) is 1.69. The highest BCUT2D eigenvalue weighted by molar-refractivity contribution is 14.1. The zero-order chi connectivity index (χ0) is 15.7. The van der Waals surface area contributed by atoms with E-state index in [-0.39, 0.29) is 0 Å². The Hall–Kier alpha value is -1.89. The van der Waals surface area contributed by atoms with Crippen molar-refractivity contribution in [2.75, 3.05) is 7.11 Å². The van der Waals surface area contributed by atoms with E-state index in [1.807, 2.05) is 10.7 Å². The Labute approximate surface area is 143 Å². The average molecular weight is 405 g/mol. The molecule has 0 fully saturated rings. The minimum Gasteiger partial charge on any atom is -0.496 e. The van der Waals surface area contributed by atoms with E-state index in [0.717, 1.165) is 28.3 Å². The molecule has 0 unspecified atom stereocenters. The lowest BCUT2D eigenvalue weighted by Gasteiger charge is -2.12. The number of nitrogens with zero attached hydrogens (tertiary/aromatic N) is 3. The van der Waals surface area contributed by atoms with Gasteiger partial charge in [-0.1, -0.05) is 17.3 Å². The van der Waals surface area contributed by atoms with Gasteiger partial charge in [0.15, 0.2) is 0 Å². The molecule has 1 heterocycles. The monoisotopic (exact) mass is 405 g/mol. The maximum absolute atomic E-state index is 5.46. The van der Waals surface area contributed by atoms with Gasteiger partial charge in [0.2, 0.25) is 0 Å². The summed E-state index contributed by atoms with van der Waals surface area (Å²) in [6.45, 7) is 4.13. The standard InChI is InChI=1S/C17H16IN3O/c1-11-8-15(9-17(22-3)12(11)2)21-16(10-19-20-21)13-4-6-14(18)7-5-13/h4-10H,1-3H3. The topological polar surface area (TPSA) is 39.9 Å². The minimum atomic E-state index is 0.860. The summed E-state index contributed by atoms with van der Waals surface area (Å²) in [4.78, 5) is 0. The van der Waals surface area contributed by atoms with E-state index in [4.69, 9.17) is 4.74 Å². The number of aromatic nitrogens is 3. The Kier molecular flexibility index (Phi) is 4.15. The number of hydrogen-bond donors (Lipinski definition) is 0. The van der Waals surface area contributed by atoms with E-state index in [1.165, 1.54) is 9.13 Å². The third-order valence-electron chi connectivity index (χ3n) is 3.76. The molecule has 4 nitrogen and oxygen atoms in total. The van der Waals surface area contributed by atoms with Crippen molar-refractivity contribution in [2.24, 2.45) is 0 Å². The van der Waals surface area contributed by atoms with Gasteiger partial charge in [-0.2, -0.15) is 0 Å². The number of aryl methyl sites for hydroxylation is 1. The second-order valence-electron chi connectivity index (χ2n) is 5.13. The smallest absolute Gasteiger partial charge is 0.124 e. The summed E-state index contributed by atoms with van der Waals surface area (Å²) < 4.78 is 8.51. The van der Waals surface area contributed by atoms with Crippen LogP contribution in [0.1, 0.15) is 11.1 Å². The number of benzene rings is 2. The molecule has 0 atom stereocenters. The van der Waals surface area contributed by atoms with Crippen LogP contribution in [-0.2, 0) is 0 Å². The molecular formula is C17H16IN3O. The molecule has 112 valence electrons. The van der Waals surface area contributed by atoms with Gasteiger partial charge in [0.25, 0.3) is 0 Å². The molecule has 0 aliphatic rings. The Morgan fingerprint density at radius 3 is 2.50 bits per heavy atom. The van der Waals surface area contributed by atoms with Crippen LogP contribution in [0.4, 0.5) is 0 Å². The molecule has 0 radical (unpaired) electrons. The van der Waals surface area contributed by atoms with Gasteiger partial charge >= 0.3 is 0 Å². The largest absolute Gasteiger partial charge is 0.496 e. The molecule has 0 saturated carbocycles. The van der Waals surface area contributed by atoms with Crippen LogP contribution in [0.15, 0.2) is 42.6 Å². The Morgan fingerprint density at radius 1 is 1.09 bits per heavy atom. The Balaban J connectivity index is 2.13. The number of hydrogen-bond acceptors (Lipinski definition) is 3. The predicted molar refractivity (Wildman–Crippen MR) is 95.5 cm³/mol. The summed E-state index contributed by atoms with van der Waals surface area (Å²) >= 11 is 2.30. The van der Waals surface area contributed by atoms with Crippen LogP contribution in [0, 0.1) is 17.4 Å². The zero-order valence-corrected chi connectivity index (χ0v) is 14.8. The first-order valence-electron chi connectivity index (χ1n) is 6.92. The molecule has 0 amide bonds. The van der Waals surface area contributed by atoms with Gasteiger partial charge in [-0.3, -0.25) is 0 Å². The number of methoxy groups -OCH3 is 1. The molecular weight excluding hydrogens is 389 g/mol. The number of ether oxygens (including phenoxy) is 1. The van der Waals surface area contributed by atoms with Gasteiger partial charge in [0.05, 0.1) is 24.7 Å². The Morgan fingerprint density at radius 2 is 1.82 bits per heavy atom. The summed E-state index contributed by atoms with van der Waals surface area (Å²) in [6, 6.07) is 12.4. The molecule has 0 saturated heterocycles. The number of rotatable bonds is 3. The summed E-state index contributed by atoms with van der Waals surface area (Å²) in [5.74, 6) is 0.860. The summed E-state index contributed by atoms with van der Waals surface area (Å²) in [6.07, 6.45) is 1.78. The van der Waals surface area contributed by atoms with Crippen molar-refractivity contribution in [3.8, 4) is 22.7 Å². The van der Waals surface area contributed by atoms with Crippen LogP contribution in [0.25, 0.3) is 16.9 Å². The predicted octanol–water partition coefficient (Wildman–Crippen LogP) is 4.16. The van der Waals surface area contributed by atoms with Gasteiger partial charge < -0.3 is 4.74 Å². The van der Waals surface area contributed by atoms with Crippen LogP contribution in [0.5, 0.6) is 5.75 Å². The van der Waals surface area contributed by atoms with E-state index in [1.54, 1.807) is 13.3 Å². The Bertz CT molecular complexity index is 809. The molecule has 5 heteroatoms. The summed E-state index contributed by atoms with van der Waals surface area (Å²) in [5, 5.41) is 8.32. The molecule has 3 aromatic rings. The first-order valence-corrected chi connectivity index (χ1v) is 8.00. The molecule has 22 heavy (non-hydrogen) atoms. The van der Waals surface area contributed by atoms with Gasteiger partial charge in [-0.15, -0.1) is 5.10 Å². The molecule has 0 aliphatic heterocycles. The van der Waals surface area contributed by atoms with E-state index in [0.29, 0.717) is 0 Å². The molecule has 0 aliphatic carbocycles. The first kappa shape index (κ1) is 15.0. The molecule has 0 N–H and O–H groups in total. The van der Waals surface area contributed by atoms with Crippen LogP contribution in [0.3, 0.4) is 0 Å². The van der Waals surface area contributed by atoms with Gasteiger partial charge in [-0.25, -0.2) is 4.68 Å². The highest BCUT2D eigenvalue weighted by atomic mass is 127. The fourth-order valence-electron chi connectivity index (χ4n) is 2.39. The molecule has 3 rings (SSSR count). The second-order valence-corrected chi connectivity index (χ2v) is 6.37. The lowest BCUT2D eigenvalue weighted by atomic mass is 10.1. The quantitative estimate of drug-likeness (QED) is 0.615. The average Bonchev–Trinajstić information content (AvgIpc) is 3.00. The van der Waals surface area contributed by atoms with Crippen molar-refractivity contribution < 1.29 is 4.74 Å². The van der Waals surface area contributed by atoms with Crippen molar-refractivity contribution in [1.29, 1.82) is 0 Å². The van der Waals surface area contributed by atoms with Crippen molar-refractivity contribution in [3.63, 3.8) is 0 Å². The van der Waals surface area contributed by atoms with Crippen molar-refractivity contribution >= 4 is 22.6 Å². The van der Waals surface area contributed by atoms with Crippen molar-refractivity contribution in [3.05, 3.63) is 57.3 Å². The second kappa shape index (κ2) is 6.08. The minimum absolute atomic E-state index is 0.860. The zero-order valence-electron chi connectivity index (χ0n) is 12.7. The third kappa shape index (κ3) is 2.72. The van der Waals surface area contributed by atoms with Gasteiger partial charge in [0, 0.05) is 15.2 Å². The molecule has 1 aromatic heterocycles. The fourth-order valence-corrected chi connectivity index (χ4v) is 2.75. The molecule has 2 aromatic carbocycles. The van der Waals surface area contributed by atoms with Gasteiger partial charge in [-0.05, 0) is 65.8 Å². The first-order chi connectivity index (χ1) is 10.6. The highest BCUT2D eigenvalue weighted by Crippen LogP contribution is 2.28. The van der Waals surface area contributed by atoms with Crippen molar-refractivity contribution in [2.45, 2.75) is 13.8 Å². The van der Waals surface area contributed by atoms with Crippen LogP contribution in [0.2, 0.25) is 0 Å². The van der Waals surface area contributed by atoms with Crippen LogP contribution < -0.4 is 4.74 Å². The fraction of sp³-hybridized carbons (Fsp3) is 0.176. The third-order valence-corrected chi connectivity index (χ3v) is 4.48. The van der Waals surface area contributed by atoms with Crippen molar-refractivity contribution in [1.82, 2.24) is 15.0 Å².